The Labute approximate surface area is 161 Å². The van der Waals surface area contributed by atoms with E-state index >= 15 is 0 Å². The summed E-state index contributed by atoms with van der Waals surface area (Å²) in [6, 6.07) is 6.80. The van der Waals surface area contributed by atoms with Crippen LogP contribution < -0.4 is 5.32 Å². The quantitative estimate of drug-likeness (QED) is 0.452. The number of sulfonamides is 1. The third-order valence-corrected chi connectivity index (χ3v) is 6.52. The van der Waals surface area contributed by atoms with Crippen molar-refractivity contribution in [1.82, 2.24) is 14.5 Å². The second-order valence-electron chi connectivity index (χ2n) is 6.62. The van der Waals surface area contributed by atoms with Gasteiger partial charge in [0, 0.05) is 40.8 Å². The van der Waals surface area contributed by atoms with E-state index in [1.165, 1.54) is 25.5 Å². The number of benzene rings is 1. The van der Waals surface area contributed by atoms with Crippen LogP contribution in [0.15, 0.2) is 34.2 Å². The Kier molecular flexibility index (Phi) is 7.20. The molecule has 0 unspecified atom stereocenters. The summed E-state index contributed by atoms with van der Waals surface area (Å²) in [6.07, 6.45) is 1.48. The maximum Gasteiger partial charge on any atom is 0.308 e. The summed E-state index contributed by atoms with van der Waals surface area (Å²) >= 11 is 0. The van der Waals surface area contributed by atoms with Crippen LogP contribution >= 0.6 is 0 Å². The summed E-state index contributed by atoms with van der Waals surface area (Å²) in [4.78, 5) is 18.3. The maximum absolute atomic E-state index is 12.1. The fraction of sp³-hybridized carbons (Fsp3) is 0.556. The zero-order valence-corrected chi connectivity index (χ0v) is 17.1. The lowest BCUT2D eigenvalue weighted by molar-refractivity contribution is -0.146. The number of ether oxygens (including phenoxy) is 1. The lowest BCUT2D eigenvalue weighted by Crippen LogP contribution is -2.46. The number of esters is 1. The minimum Gasteiger partial charge on any atom is -0.469 e. The van der Waals surface area contributed by atoms with Gasteiger partial charge in [-0.3, -0.25) is 9.79 Å². The zero-order chi connectivity index (χ0) is 20.0. The normalized spacial score (nSPS) is 16.5. The van der Waals surface area contributed by atoms with Crippen molar-refractivity contribution in [3.63, 3.8) is 0 Å². The van der Waals surface area contributed by atoms with Crippen LogP contribution in [0.3, 0.4) is 0 Å². The molecular formula is C18H28N4O4S. The van der Waals surface area contributed by atoms with Gasteiger partial charge in [-0.25, -0.2) is 12.7 Å². The molecule has 1 aliphatic rings. The summed E-state index contributed by atoms with van der Waals surface area (Å²) < 4.78 is 30.2. The van der Waals surface area contributed by atoms with Crippen LogP contribution in [0, 0.1) is 5.92 Å². The van der Waals surface area contributed by atoms with Gasteiger partial charge in [0.2, 0.25) is 10.0 Å². The van der Waals surface area contributed by atoms with Gasteiger partial charge in [-0.2, -0.15) is 0 Å². The molecule has 2 rings (SSSR count). The van der Waals surface area contributed by atoms with Crippen molar-refractivity contribution in [3.05, 3.63) is 29.8 Å². The highest BCUT2D eigenvalue weighted by Crippen LogP contribution is 2.19. The number of hydrogen-bond donors (Lipinski definition) is 1. The van der Waals surface area contributed by atoms with Crippen LogP contribution in [-0.4, -0.2) is 70.9 Å². The molecule has 0 radical (unpaired) electrons. The van der Waals surface area contributed by atoms with Crippen LogP contribution in [0.1, 0.15) is 18.4 Å². The second kappa shape index (κ2) is 9.18. The van der Waals surface area contributed by atoms with E-state index in [1.807, 2.05) is 0 Å². The Hall–Kier alpha value is -2.13. The molecule has 1 saturated heterocycles. The lowest BCUT2D eigenvalue weighted by Gasteiger charge is -2.33. The van der Waals surface area contributed by atoms with Crippen LogP contribution in [0.5, 0.6) is 0 Å². The third kappa shape index (κ3) is 5.20. The van der Waals surface area contributed by atoms with E-state index in [0.29, 0.717) is 6.54 Å². The third-order valence-electron chi connectivity index (χ3n) is 4.69. The van der Waals surface area contributed by atoms with E-state index < -0.39 is 10.0 Å². The number of nitrogens with one attached hydrogen (secondary N) is 1. The van der Waals surface area contributed by atoms with E-state index in [0.717, 1.165) is 37.5 Å². The molecule has 0 spiro atoms. The van der Waals surface area contributed by atoms with E-state index in [2.05, 4.69) is 15.2 Å². The topological polar surface area (TPSA) is 91.3 Å². The first kappa shape index (κ1) is 21.2. The molecule has 9 heteroatoms. The predicted molar refractivity (Wildman–Crippen MR) is 104 cm³/mol. The van der Waals surface area contributed by atoms with Gasteiger partial charge in [-0.15, -0.1) is 0 Å². The number of rotatable bonds is 5. The fourth-order valence-electron chi connectivity index (χ4n) is 3.00. The van der Waals surface area contributed by atoms with E-state index in [-0.39, 0.29) is 16.8 Å². The summed E-state index contributed by atoms with van der Waals surface area (Å²) in [7, 11) is 2.75. The van der Waals surface area contributed by atoms with Crippen molar-refractivity contribution in [3.8, 4) is 0 Å². The first-order valence-corrected chi connectivity index (χ1v) is 10.3. The first-order valence-electron chi connectivity index (χ1n) is 8.84. The van der Waals surface area contributed by atoms with Crippen LogP contribution in [-0.2, 0) is 26.1 Å². The molecule has 8 nitrogen and oxygen atoms in total. The molecule has 1 aromatic rings. The Morgan fingerprint density at radius 2 is 1.85 bits per heavy atom. The van der Waals surface area contributed by atoms with Crippen LogP contribution in [0.2, 0.25) is 0 Å². The molecule has 150 valence electrons. The van der Waals surface area contributed by atoms with Crippen LogP contribution in [0.4, 0.5) is 0 Å². The Morgan fingerprint density at radius 1 is 1.26 bits per heavy atom. The van der Waals surface area contributed by atoms with Gasteiger partial charge >= 0.3 is 5.97 Å². The Morgan fingerprint density at radius 3 is 2.33 bits per heavy atom. The summed E-state index contributed by atoms with van der Waals surface area (Å²) in [5, 5.41) is 3.29. The molecule has 0 aromatic heterocycles. The number of piperidine rings is 1. The monoisotopic (exact) mass is 396 g/mol. The molecule has 0 amide bonds. The number of aliphatic imine (C=N–C) groups is 1. The average molecular weight is 397 g/mol. The minimum absolute atomic E-state index is 0.0458. The standard InChI is InChI=1S/C18H28N4O4S/c1-19-18(22-11-9-15(10-12-22)17(23)26-4)20-13-14-5-7-16(8-6-14)27(24,25)21(2)3/h5-8,15H,9-13H2,1-4H3,(H,19,20). The summed E-state index contributed by atoms with van der Waals surface area (Å²) in [5.41, 5.74) is 0.957. The highest BCUT2D eigenvalue weighted by Gasteiger charge is 2.27. The molecular weight excluding hydrogens is 368 g/mol. The van der Waals surface area contributed by atoms with Gasteiger partial charge in [-0.05, 0) is 30.5 Å². The van der Waals surface area contributed by atoms with Gasteiger partial charge in [0.1, 0.15) is 0 Å². The van der Waals surface area contributed by atoms with Gasteiger partial charge < -0.3 is 15.0 Å². The Balaban J connectivity index is 1.92. The molecule has 1 aliphatic heterocycles. The number of hydrogen-bond acceptors (Lipinski definition) is 5. The molecule has 0 bridgehead atoms. The molecule has 1 aromatic carbocycles. The molecule has 0 atom stereocenters. The molecule has 1 fully saturated rings. The smallest absolute Gasteiger partial charge is 0.308 e. The number of carbonyl (C=O) groups is 1. The van der Waals surface area contributed by atoms with E-state index in [4.69, 9.17) is 4.74 Å². The molecule has 0 aliphatic carbocycles. The predicted octanol–water partition coefficient (Wildman–Crippen LogP) is 0.897. The summed E-state index contributed by atoms with van der Waals surface area (Å²) in [6.45, 7) is 2.00. The van der Waals surface area contributed by atoms with Crippen LogP contribution in [0.25, 0.3) is 0 Å². The Bertz CT molecular complexity index is 767. The molecule has 0 saturated carbocycles. The van der Waals surface area contributed by atoms with Gasteiger partial charge in [0.05, 0.1) is 17.9 Å². The van der Waals surface area contributed by atoms with Gasteiger partial charge in [-0.1, -0.05) is 12.1 Å². The molecule has 1 heterocycles. The van der Waals surface area contributed by atoms with Crippen molar-refractivity contribution in [2.75, 3.05) is 41.3 Å². The highest BCUT2D eigenvalue weighted by molar-refractivity contribution is 7.89. The van der Waals surface area contributed by atoms with Crippen molar-refractivity contribution >= 4 is 22.0 Å². The number of likely N-dealkylation sites (tertiary alicyclic amines) is 1. The number of nitrogens with zero attached hydrogens (tertiary/aromatic N) is 3. The van der Waals surface area contributed by atoms with E-state index in [1.54, 1.807) is 31.3 Å². The second-order valence-corrected chi connectivity index (χ2v) is 8.77. The largest absolute Gasteiger partial charge is 0.469 e. The van der Waals surface area contributed by atoms with Gasteiger partial charge in [0.25, 0.3) is 0 Å². The lowest BCUT2D eigenvalue weighted by atomic mass is 9.97. The first-order chi connectivity index (χ1) is 12.8. The molecule has 27 heavy (non-hydrogen) atoms. The maximum atomic E-state index is 12.1. The molecule has 1 N–H and O–H groups in total. The number of guanidine groups is 1. The highest BCUT2D eigenvalue weighted by atomic mass is 32.2. The fourth-order valence-corrected chi connectivity index (χ4v) is 3.90. The summed E-state index contributed by atoms with van der Waals surface area (Å²) in [5.74, 6) is 0.573. The average Bonchev–Trinajstić information content (AvgIpc) is 2.68. The zero-order valence-electron chi connectivity index (χ0n) is 16.3. The number of carbonyl (C=O) groups excluding carboxylic acids is 1. The van der Waals surface area contributed by atoms with Gasteiger partial charge in [0.15, 0.2) is 5.96 Å². The van der Waals surface area contributed by atoms with Crippen molar-refractivity contribution in [2.45, 2.75) is 24.3 Å². The minimum atomic E-state index is -3.42. The van der Waals surface area contributed by atoms with Crippen molar-refractivity contribution < 1.29 is 17.9 Å². The number of methoxy groups -OCH3 is 1. The van der Waals surface area contributed by atoms with E-state index in [9.17, 15) is 13.2 Å². The van der Waals surface area contributed by atoms with Crippen molar-refractivity contribution in [1.29, 1.82) is 0 Å². The SMILES string of the molecule is CN=C(NCc1ccc(S(=O)(=O)N(C)C)cc1)N1CCC(C(=O)OC)CC1. The van der Waals surface area contributed by atoms with Crippen molar-refractivity contribution in [2.24, 2.45) is 10.9 Å².